The largest absolute Gasteiger partial charge is 0.488 e. The van der Waals surface area contributed by atoms with Crippen molar-refractivity contribution in [1.29, 1.82) is 0 Å². The Bertz CT molecular complexity index is 1150. The van der Waals surface area contributed by atoms with Gasteiger partial charge in [-0.2, -0.15) is 0 Å². The molecule has 264 valence electrons. The number of aliphatic hydroxyl groups is 2. The third-order valence-electron chi connectivity index (χ3n) is 10.7. The maximum absolute atomic E-state index is 13.9. The molecule has 0 amide bonds. The summed E-state index contributed by atoms with van der Waals surface area (Å²) < 4.78 is 44.2. The molecule has 6 unspecified atom stereocenters. The standard InChI is InChI=1S/C34H57NO11/c1-16-14-34(9)30(45-32-25(37)23(35(10)11)13-17(2)41-32)19(4)27(43-24-15-33(8,40-12)29(38)22(7)42-24)20(5)31(39)44-28(21(6)36)18(3)26(16)46-34/h17-20,22-25,27-30,32,37-38H,13-15H2,1-12H3/t17?,18-,19-,20+,22?,23?,24-,25?,27-,28+,29-,30+,32-,33?,34?/m0/s1. The molecule has 0 radical (unpaired) electrons. The van der Waals surface area contributed by atoms with Crippen molar-refractivity contribution in [3.05, 3.63) is 11.3 Å². The molecule has 0 aromatic carbocycles. The van der Waals surface area contributed by atoms with Crippen LogP contribution in [0.3, 0.4) is 0 Å². The van der Waals surface area contributed by atoms with Crippen molar-refractivity contribution in [2.75, 3.05) is 21.2 Å². The van der Waals surface area contributed by atoms with Crippen LogP contribution in [0.1, 0.15) is 81.6 Å². The summed E-state index contributed by atoms with van der Waals surface area (Å²) in [6, 6.07) is -0.202. The zero-order chi connectivity index (χ0) is 34.5. The number of esters is 1. The zero-order valence-electron chi connectivity index (χ0n) is 29.6. The Morgan fingerprint density at radius 1 is 1.02 bits per heavy atom. The number of rotatable bonds is 7. The smallest absolute Gasteiger partial charge is 0.312 e. The summed E-state index contributed by atoms with van der Waals surface area (Å²) in [7, 11) is 5.36. The summed E-state index contributed by atoms with van der Waals surface area (Å²) in [6.45, 7) is 16.2. The van der Waals surface area contributed by atoms with Crippen molar-refractivity contribution in [3.8, 4) is 0 Å². The molecule has 2 N–H and O–H groups in total. The van der Waals surface area contributed by atoms with E-state index in [0.29, 0.717) is 18.6 Å². The van der Waals surface area contributed by atoms with Crippen LogP contribution in [0.4, 0.5) is 0 Å². The van der Waals surface area contributed by atoms with Gasteiger partial charge in [-0.25, -0.2) is 0 Å². The average Bonchev–Trinajstić information content (AvgIpc) is 3.29. The summed E-state index contributed by atoms with van der Waals surface area (Å²) in [6.07, 6.45) is -5.84. The summed E-state index contributed by atoms with van der Waals surface area (Å²) in [5, 5.41) is 22.3. The van der Waals surface area contributed by atoms with Crippen molar-refractivity contribution >= 4 is 11.8 Å². The molecule has 4 heterocycles. The molecule has 4 aliphatic rings. The van der Waals surface area contributed by atoms with Gasteiger partial charge in [0.2, 0.25) is 0 Å². The number of carbonyl (C=O) groups excluding carboxylic acids is 2. The zero-order valence-corrected chi connectivity index (χ0v) is 29.6. The molecule has 0 aromatic heterocycles. The number of fused-ring (bicyclic) bond motifs is 2. The van der Waals surface area contributed by atoms with Gasteiger partial charge in [0.05, 0.1) is 35.7 Å². The highest BCUT2D eigenvalue weighted by Gasteiger charge is 2.55. The minimum atomic E-state index is -1.06. The molecule has 12 nitrogen and oxygen atoms in total. The van der Waals surface area contributed by atoms with E-state index >= 15 is 0 Å². The van der Waals surface area contributed by atoms with Gasteiger partial charge in [-0.3, -0.25) is 9.59 Å². The minimum absolute atomic E-state index is 0.181. The van der Waals surface area contributed by atoms with Crippen LogP contribution >= 0.6 is 0 Å². The Balaban J connectivity index is 1.79. The quantitative estimate of drug-likeness (QED) is 0.390. The number of nitrogens with zero attached hydrogens (tertiary/aromatic N) is 1. The number of ketones is 1. The van der Waals surface area contributed by atoms with Crippen LogP contribution in [0.15, 0.2) is 11.3 Å². The maximum atomic E-state index is 13.9. The number of ether oxygens (including phenoxy) is 7. The van der Waals surface area contributed by atoms with Gasteiger partial charge in [0.25, 0.3) is 0 Å². The average molecular weight is 656 g/mol. The van der Waals surface area contributed by atoms with E-state index in [-0.39, 0.29) is 24.3 Å². The normalized spacial score (nSPS) is 47.3. The Hall–Kier alpha value is -1.64. The highest BCUT2D eigenvalue weighted by Crippen LogP contribution is 2.47. The van der Waals surface area contributed by atoms with E-state index in [9.17, 15) is 19.8 Å². The molecule has 4 rings (SSSR count). The molecular formula is C34H57NO11. The maximum Gasteiger partial charge on any atom is 0.312 e. The second kappa shape index (κ2) is 14.1. The highest BCUT2D eigenvalue weighted by molar-refractivity contribution is 5.84. The topological polar surface area (TPSA) is 142 Å². The van der Waals surface area contributed by atoms with Crippen molar-refractivity contribution in [1.82, 2.24) is 4.90 Å². The van der Waals surface area contributed by atoms with E-state index in [1.165, 1.54) is 14.0 Å². The van der Waals surface area contributed by atoms with Gasteiger partial charge in [-0.05, 0) is 74.6 Å². The molecule has 46 heavy (non-hydrogen) atoms. The van der Waals surface area contributed by atoms with Crippen molar-refractivity contribution in [2.24, 2.45) is 17.8 Å². The van der Waals surface area contributed by atoms with Crippen LogP contribution in [0.2, 0.25) is 0 Å². The van der Waals surface area contributed by atoms with Crippen LogP contribution in [-0.2, 0) is 42.7 Å². The molecule has 3 saturated heterocycles. The van der Waals surface area contributed by atoms with E-state index < -0.39 is 84.1 Å². The van der Waals surface area contributed by atoms with Crippen LogP contribution in [0.5, 0.6) is 0 Å². The molecule has 12 heteroatoms. The number of likely N-dealkylation sites (N-methyl/N-ethyl adjacent to an activating group) is 1. The number of hydrogen-bond acceptors (Lipinski definition) is 12. The van der Waals surface area contributed by atoms with Gasteiger partial charge < -0.3 is 48.3 Å². The van der Waals surface area contributed by atoms with E-state index in [4.69, 9.17) is 33.2 Å². The lowest BCUT2D eigenvalue weighted by atomic mass is 9.79. The Morgan fingerprint density at radius 2 is 1.67 bits per heavy atom. The number of carbonyl (C=O) groups is 2. The molecule has 0 aliphatic carbocycles. The minimum Gasteiger partial charge on any atom is -0.488 e. The third-order valence-corrected chi connectivity index (χ3v) is 10.7. The summed E-state index contributed by atoms with van der Waals surface area (Å²) in [5.41, 5.74) is -1.01. The molecule has 3 fully saturated rings. The van der Waals surface area contributed by atoms with Crippen molar-refractivity contribution in [2.45, 2.75) is 154 Å². The van der Waals surface area contributed by atoms with Gasteiger partial charge in [-0.1, -0.05) is 13.8 Å². The lowest BCUT2D eigenvalue weighted by Gasteiger charge is -2.48. The number of cyclic esters (lactones) is 1. The first-order valence-corrected chi connectivity index (χ1v) is 16.6. The number of methoxy groups -OCH3 is 1. The van der Waals surface area contributed by atoms with E-state index in [0.717, 1.165) is 5.57 Å². The first-order valence-electron chi connectivity index (χ1n) is 16.6. The molecule has 0 spiro atoms. The lowest BCUT2D eigenvalue weighted by Crippen LogP contribution is -2.60. The van der Waals surface area contributed by atoms with Gasteiger partial charge in [0.15, 0.2) is 24.5 Å². The van der Waals surface area contributed by atoms with Gasteiger partial charge in [-0.15, -0.1) is 0 Å². The van der Waals surface area contributed by atoms with Crippen LogP contribution < -0.4 is 0 Å². The van der Waals surface area contributed by atoms with E-state index in [1.807, 2.05) is 53.6 Å². The number of aliphatic hydroxyl groups excluding tert-OH is 2. The first kappa shape index (κ1) is 37.2. The monoisotopic (exact) mass is 655 g/mol. The van der Waals surface area contributed by atoms with E-state index in [1.54, 1.807) is 20.8 Å². The number of hydrogen-bond donors (Lipinski definition) is 2. The molecule has 4 aliphatic heterocycles. The van der Waals surface area contributed by atoms with Gasteiger partial charge in [0.1, 0.15) is 29.7 Å². The van der Waals surface area contributed by atoms with Gasteiger partial charge in [0, 0.05) is 31.9 Å². The van der Waals surface area contributed by atoms with Crippen molar-refractivity contribution < 1.29 is 53.0 Å². The molecule has 0 saturated carbocycles. The predicted molar refractivity (Wildman–Crippen MR) is 167 cm³/mol. The van der Waals surface area contributed by atoms with Gasteiger partial charge >= 0.3 is 5.97 Å². The summed E-state index contributed by atoms with van der Waals surface area (Å²) in [4.78, 5) is 28.7. The van der Waals surface area contributed by atoms with Crippen molar-refractivity contribution in [3.63, 3.8) is 0 Å². The summed E-state index contributed by atoms with van der Waals surface area (Å²) >= 11 is 0. The molecule has 0 aromatic rings. The highest BCUT2D eigenvalue weighted by atomic mass is 16.7. The molecular weight excluding hydrogens is 598 g/mol. The van der Waals surface area contributed by atoms with Crippen LogP contribution in [-0.4, -0.2) is 121 Å². The Labute approximate surface area is 274 Å². The second-order valence-corrected chi connectivity index (χ2v) is 14.8. The van der Waals surface area contributed by atoms with E-state index in [2.05, 4.69) is 0 Å². The summed E-state index contributed by atoms with van der Waals surface area (Å²) in [5.74, 6) is -2.26. The Morgan fingerprint density at radius 3 is 2.26 bits per heavy atom. The SMILES string of the molecule is COC1(C)C[C@H](O[C@H]2[C@H](C)[C@@H](O[C@@H]3OC(C)CC(N(C)C)C3O)C3(C)CC(C)=C(O3)[C@H](C)[C@H](C(C)=O)OC(=O)[C@@H]2C)OC(C)[C@@H]1O. The first-order chi connectivity index (χ1) is 21.3. The molecule has 15 atom stereocenters. The fraction of sp³-hybridized carbons (Fsp3) is 0.882. The van der Waals surface area contributed by atoms with Crippen LogP contribution in [0, 0.1) is 17.8 Å². The fourth-order valence-corrected chi connectivity index (χ4v) is 7.93. The number of Topliss-reactive ketones (excluding diaryl/α,β-unsaturated/α-hetero) is 1. The third kappa shape index (κ3) is 7.19. The molecule has 2 bridgehead atoms. The second-order valence-electron chi connectivity index (χ2n) is 14.8. The predicted octanol–water partition coefficient (Wildman–Crippen LogP) is 2.96. The lowest BCUT2D eigenvalue weighted by molar-refractivity contribution is -0.316. The Kier molecular flexibility index (Phi) is 11.4. The van der Waals surface area contributed by atoms with Crippen LogP contribution in [0.25, 0.3) is 0 Å². The fourth-order valence-electron chi connectivity index (χ4n) is 7.93.